The number of likely N-dealkylation sites (tertiary alicyclic amines) is 1. The lowest BCUT2D eigenvalue weighted by atomic mass is 9.86. The minimum atomic E-state index is -0.00337. The summed E-state index contributed by atoms with van der Waals surface area (Å²) in [5.41, 5.74) is 1.35. The zero-order valence-corrected chi connectivity index (χ0v) is 11.4. The first kappa shape index (κ1) is 13.1. The predicted octanol–water partition coefficient (Wildman–Crippen LogP) is 2.29. The van der Waals surface area contributed by atoms with Gasteiger partial charge < -0.3 is 9.36 Å². The van der Waals surface area contributed by atoms with E-state index >= 15 is 0 Å². The molecule has 1 saturated heterocycles. The minimum absolute atomic E-state index is 0.00337. The van der Waals surface area contributed by atoms with Crippen LogP contribution in [-0.4, -0.2) is 33.3 Å². The Morgan fingerprint density at radius 2 is 2.15 bits per heavy atom. The van der Waals surface area contributed by atoms with Crippen LogP contribution >= 0.6 is 0 Å². The number of benzene rings is 1. The van der Waals surface area contributed by atoms with E-state index in [2.05, 4.69) is 34.1 Å². The first-order chi connectivity index (χ1) is 9.86. The summed E-state index contributed by atoms with van der Waals surface area (Å²) in [6, 6.07) is 10.5. The Morgan fingerprint density at radius 3 is 2.85 bits per heavy atom. The van der Waals surface area contributed by atoms with Gasteiger partial charge in [0.15, 0.2) is 0 Å². The summed E-state index contributed by atoms with van der Waals surface area (Å²) in [5, 5.41) is 0. The van der Waals surface area contributed by atoms with Crippen molar-refractivity contribution in [2.75, 3.05) is 6.54 Å². The summed E-state index contributed by atoms with van der Waals surface area (Å²) in [4.78, 5) is 17.7. The molecule has 0 saturated carbocycles. The highest BCUT2D eigenvalue weighted by Crippen LogP contribution is 2.31. The SMILES string of the molecule is O=CC1CC(c2ccccc2)CCN1Cn1ccnc1. The van der Waals surface area contributed by atoms with Crippen molar-refractivity contribution in [2.45, 2.75) is 31.5 Å². The monoisotopic (exact) mass is 269 g/mol. The topological polar surface area (TPSA) is 38.1 Å². The number of rotatable bonds is 4. The fraction of sp³-hybridized carbons (Fsp3) is 0.375. The van der Waals surface area contributed by atoms with Gasteiger partial charge in [0.05, 0.1) is 19.0 Å². The second-order valence-electron chi connectivity index (χ2n) is 5.37. The summed E-state index contributed by atoms with van der Waals surface area (Å²) in [7, 11) is 0. The van der Waals surface area contributed by atoms with Gasteiger partial charge in [0.2, 0.25) is 0 Å². The van der Waals surface area contributed by atoms with Crippen molar-refractivity contribution >= 4 is 6.29 Å². The zero-order valence-electron chi connectivity index (χ0n) is 11.4. The number of carbonyl (C=O) groups excluding carboxylic acids is 1. The molecule has 2 heterocycles. The third-order valence-corrected chi connectivity index (χ3v) is 4.09. The fourth-order valence-corrected chi connectivity index (χ4v) is 2.97. The zero-order chi connectivity index (χ0) is 13.8. The Bertz CT molecular complexity index is 538. The van der Waals surface area contributed by atoms with Gasteiger partial charge in [-0.2, -0.15) is 0 Å². The highest BCUT2D eigenvalue weighted by Gasteiger charge is 2.28. The number of aldehydes is 1. The smallest absolute Gasteiger partial charge is 0.137 e. The van der Waals surface area contributed by atoms with Gasteiger partial charge in [-0.25, -0.2) is 4.98 Å². The molecule has 1 aliphatic rings. The first-order valence-electron chi connectivity index (χ1n) is 7.07. The Kier molecular flexibility index (Phi) is 3.92. The van der Waals surface area contributed by atoms with Gasteiger partial charge in [-0.05, 0) is 24.3 Å². The van der Waals surface area contributed by atoms with Crippen LogP contribution in [0.4, 0.5) is 0 Å². The minimum Gasteiger partial charge on any atom is -0.324 e. The van der Waals surface area contributed by atoms with Gasteiger partial charge in [-0.1, -0.05) is 30.3 Å². The number of hydrogen-bond acceptors (Lipinski definition) is 3. The summed E-state index contributed by atoms with van der Waals surface area (Å²) < 4.78 is 2.01. The van der Waals surface area contributed by atoms with E-state index in [4.69, 9.17) is 0 Å². The molecule has 0 radical (unpaired) electrons. The van der Waals surface area contributed by atoms with E-state index < -0.39 is 0 Å². The van der Waals surface area contributed by atoms with Gasteiger partial charge in [0.25, 0.3) is 0 Å². The fourth-order valence-electron chi connectivity index (χ4n) is 2.97. The molecule has 20 heavy (non-hydrogen) atoms. The Morgan fingerprint density at radius 1 is 1.30 bits per heavy atom. The van der Waals surface area contributed by atoms with Crippen LogP contribution in [0.5, 0.6) is 0 Å². The van der Waals surface area contributed by atoms with Gasteiger partial charge in [0.1, 0.15) is 6.29 Å². The molecule has 1 aliphatic heterocycles. The quantitative estimate of drug-likeness (QED) is 0.799. The number of aromatic nitrogens is 2. The molecule has 1 aromatic heterocycles. The number of piperidine rings is 1. The van der Waals surface area contributed by atoms with Crippen LogP contribution < -0.4 is 0 Å². The van der Waals surface area contributed by atoms with Crippen LogP contribution in [0.25, 0.3) is 0 Å². The average molecular weight is 269 g/mol. The molecule has 0 aliphatic carbocycles. The Labute approximate surface area is 119 Å². The van der Waals surface area contributed by atoms with Gasteiger partial charge in [0, 0.05) is 18.9 Å². The molecule has 0 bridgehead atoms. The number of carbonyl (C=O) groups is 1. The second-order valence-corrected chi connectivity index (χ2v) is 5.37. The van der Waals surface area contributed by atoms with Crippen LogP contribution in [0.1, 0.15) is 24.3 Å². The predicted molar refractivity (Wildman–Crippen MR) is 77.2 cm³/mol. The summed E-state index contributed by atoms with van der Waals surface area (Å²) >= 11 is 0. The van der Waals surface area contributed by atoms with Crippen LogP contribution in [0.3, 0.4) is 0 Å². The van der Waals surface area contributed by atoms with Crippen molar-refractivity contribution < 1.29 is 4.79 Å². The Balaban J connectivity index is 1.68. The van der Waals surface area contributed by atoms with Crippen molar-refractivity contribution in [3.63, 3.8) is 0 Å². The van der Waals surface area contributed by atoms with Gasteiger partial charge in [-0.3, -0.25) is 4.90 Å². The number of nitrogens with zero attached hydrogens (tertiary/aromatic N) is 3. The summed E-state index contributed by atoms with van der Waals surface area (Å²) in [6.45, 7) is 1.69. The van der Waals surface area contributed by atoms with Crippen LogP contribution in [-0.2, 0) is 11.5 Å². The maximum atomic E-state index is 11.4. The second kappa shape index (κ2) is 6.01. The third-order valence-electron chi connectivity index (χ3n) is 4.09. The van der Waals surface area contributed by atoms with Crippen molar-refractivity contribution in [1.82, 2.24) is 14.5 Å². The maximum absolute atomic E-state index is 11.4. The highest BCUT2D eigenvalue weighted by molar-refractivity contribution is 5.58. The average Bonchev–Trinajstić information content (AvgIpc) is 3.01. The van der Waals surface area contributed by atoms with Gasteiger partial charge in [-0.15, -0.1) is 0 Å². The van der Waals surface area contributed by atoms with Crippen molar-refractivity contribution in [1.29, 1.82) is 0 Å². The summed E-state index contributed by atoms with van der Waals surface area (Å²) in [6.07, 6.45) is 8.60. The summed E-state index contributed by atoms with van der Waals surface area (Å²) in [5.74, 6) is 0.491. The maximum Gasteiger partial charge on any atom is 0.137 e. The lowest BCUT2D eigenvalue weighted by molar-refractivity contribution is -0.114. The van der Waals surface area contributed by atoms with E-state index in [-0.39, 0.29) is 6.04 Å². The third kappa shape index (κ3) is 2.80. The molecule has 2 unspecified atom stereocenters. The molecule has 3 rings (SSSR count). The molecule has 4 nitrogen and oxygen atoms in total. The normalized spacial score (nSPS) is 23.6. The van der Waals surface area contributed by atoms with E-state index in [1.165, 1.54) is 5.56 Å². The molecular formula is C16H19N3O. The first-order valence-corrected chi connectivity index (χ1v) is 7.07. The number of hydrogen-bond donors (Lipinski definition) is 0. The molecular weight excluding hydrogens is 250 g/mol. The lowest BCUT2D eigenvalue weighted by Gasteiger charge is -2.36. The molecule has 0 spiro atoms. The van der Waals surface area contributed by atoms with E-state index in [9.17, 15) is 4.79 Å². The number of imidazole rings is 1. The molecule has 1 fully saturated rings. The van der Waals surface area contributed by atoms with E-state index in [0.29, 0.717) is 5.92 Å². The van der Waals surface area contributed by atoms with Crippen LogP contribution in [0.15, 0.2) is 49.1 Å². The van der Waals surface area contributed by atoms with Crippen LogP contribution in [0.2, 0.25) is 0 Å². The molecule has 0 N–H and O–H groups in total. The molecule has 0 amide bonds. The van der Waals surface area contributed by atoms with Crippen molar-refractivity contribution in [3.8, 4) is 0 Å². The molecule has 1 aromatic carbocycles. The Hall–Kier alpha value is -1.94. The molecule has 2 aromatic rings. The van der Waals surface area contributed by atoms with Crippen molar-refractivity contribution in [2.24, 2.45) is 0 Å². The van der Waals surface area contributed by atoms with Crippen LogP contribution in [0, 0.1) is 0 Å². The standard InChI is InChI=1S/C16H19N3O/c20-11-16-10-15(14-4-2-1-3-5-14)6-8-19(16)13-18-9-7-17-12-18/h1-5,7,9,11-12,15-16H,6,8,10,13H2. The largest absolute Gasteiger partial charge is 0.324 e. The van der Waals surface area contributed by atoms with E-state index in [1.54, 1.807) is 12.5 Å². The molecule has 104 valence electrons. The van der Waals surface area contributed by atoms with Gasteiger partial charge >= 0.3 is 0 Å². The molecule has 4 heteroatoms. The lowest BCUT2D eigenvalue weighted by Crippen LogP contribution is -2.43. The van der Waals surface area contributed by atoms with Crippen molar-refractivity contribution in [3.05, 3.63) is 54.6 Å². The van der Waals surface area contributed by atoms with E-state index in [1.807, 2.05) is 16.8 Å². The van der Waals surface area contributed by atoms with E-state index in [0.717, 1.165) is 32.3 Å². The molecule has 2 atom stereocenters. The highest BCUT2D eigenvalue weighted by atomic mass is 16.1.